The van der Waals surface area contributed by atoms with E-state index < -0.39 is 108 Å². The number of alkyl halides is 23. The lowest BCUT2D eigenvalue weighted by Gasteiger charge is -2.40. The lowest BCUT2D eigenvalue weighted by atomic mass is 9.91. The van der Waals surface area contributed by atoms with Gasteiger partial charge in [0.25, 0.3) is 0 Å². The van der Waals surface area contributed by atoms with Gasteiger partial charge < -0.3 is 4.74 Å². The van der Waals surface area contributed by atoms with Crippen LogP contribution in [0, 0.1) is 0 Å². The Morgan fingerprint density at radius 1 is 0.565 bits per heavy atom. The van der Waals surface area contributed by atoms with Crippen molar-refractivity contribution in [3.63, 3.8) is 0 Å². The van der Waals surface area contributed by atoms with E-state index in [2.05, 4.69) is 11.3 Å². The fourth-order valence-electron chi connectivity index (χ4n) is 2.60. The fourth-order valence-corrected chi connectivity index (χ4v) is 2.60. The van der Waals surface area contributed by atoms with Gasteiger partial charge in [-0.2, -0.15) is 101 Å². The van der Waals surface area contributed by atoms with Crippen LogP contribution in [0.3, 0.4) is 0 Å². The van der Waals surface area contributed by atoms with Crippen LogP contribution in [0.25, 0.3) is 0 Å². The number of hydrogen-bond donors (Lipinski definition) is 0. The molecule has 0 fully saturated rings. The molecule has 0 aliphatic rings. The number of esters is 1. The summed E-state index contributed by atoms with van der Waals surface area (Å²) in [5.74, 6) is -86.2. The standard InChI is InChI=1S/C20H12F24O2/c1-7(2)9(45)46-6-5-11(24,25)14(30,31)16(34,35)15(32,33)12(26,27)8(21)3-4-10(22,23)13(28,29)17(36,37)18(38,39)19(40,41)20(42,43)44/h3H,1,4-6H2,2H3. The maximum absolute atomic E-state index is 13.8. The quantitative estimate of drug-likeness (QED) is 0.0951. The van der Waals surface area contributed by atoms with Gasteiger partial charge in [-0.3, -0.25) is 0 Å². The summed E-state index contributed by atoms with van der Waals surface area (Å²) in [5, 5.41) is 0. The Morgan fingerprint density at radius 2 is 0.913 bits per heavy atom. The molecule has 2 nitrogen and oxygen atoms in total. The number of rotatable bonds is 15. The molecule has 0 N–H and O–H groups in total. The second kappa shape index (κ2) is 12.1. The molecule has 0 aromatic rings. The molecule has 0 aliphatic heterocycles. The smallest absolute Gasteiger partial charge is 0.460 e. The van der Waals surface area contributed by atoms with Gasteiger partial charge in [0.2, 0.25) is 0 Å². The highest BCUT2D eigenvalue weighted by Crippen LogP contribution is 2.62. The van der Waals surface area contributed by atoms with Crippen molar-refractivity contribution in [3.05, 3.63) is 24.1 Å². The number of hydrogen-bond acceptors (Lipinski definition) is 2. The topological polar surface area (TPSA) is 26.3 Å². The monoisotopic (exact) mass is 740 g/mol. The van der Waals surface area contributed by atoms with Crippen molar-refractivity contribution in [2.24, 2.45) is 0 Å². The van der Waals surface area contributed by atoms with Crippen molar-refractivity contribution in [2.75, 3.05) is 6.61 Å². The van der Waals surface area contributed by atoms with Gasteiger partial charge >= 0.3 is 71.4 Å². The minimum atomic E-state index is -8.58. The Labute approximate surface area is 238 Å². The maximum Gasteiger partial charge on any atom is 0.460 e. The summed E-state index contributed by atoms with van der Waals surface area (Å²) in [6.07, 6.45) is -17.2. The molecule has 0 aliphatic carbocycles. The Balaban J connectivity index is 6.59. The summed E-state index contributed by atoms with van der Waals surface area (Å²) in [6, 6.07) is 0. The molecule has 0 spiro atoms. The van der Waals surface area contributed by atoms with E-state index in [1.54, 1.807) is 0 Å². The second-order valence-electron chi connectivity index (χ2n) is 8.92. The highest BCUT2D eigenvalue weighted by molar-refractivity contribution is 5.86. The molecule has 0 rings (SSSR count). The second-order valence-corrected chi connectivity index (χ2v) is 8.92. The molecular formula is C20H12F24O2. The summed E-state index contributed by atoms with van der Waals surface area (Å²) in [5.41, 5.74) is -0.645. The van der Waals surface area contributed by atoms with Gasteiger partial charge in [0.1, 0.15) is 0 Å². The van der Waals surface area contributed by atoms with Crippen molar-refractivity contribution in [2.45, 2.75) is 85.2 Å². The molecule has 0 bridgehead atoms. The molecule has 0 heterocycles. The molecule has 0 amide bonds. The van der Waals surface area contributed by atoms with Crippen LogP contribution in [0.15, 0.2) is 24.1 Å². The third kappa shape index (κ3) is 6.53. The van der Waals surface area contributed by atoms with E-state index in [0.29, 0.717) is 0 Å². The summed E-state index contributed by atoms with van der Waals surface area (Å²) in [4.78, 5) is 11.0. The van der Waals surface area contributed by atoms with Crippen LogP contribution in [0.5, 0.6) is 0 Å². The number of halogens is 24. The molecular weight excluding hydrogens is 728 g/mol. The normalized spacial score (nSPS) is 16.1. The van der Waals surface area contributed by atoms with E-state index in [9.17, 15) is 110 Å². The molecule has 0 aromatic heterocycles. The van der Waals surface area contributed by atoms with E-state index >= 15 is 0 Å². The van der Waals surface area contributed by atoms with Crippen molar-refractivity contribution in [3.8, 4) is 0 Å². The molecule has 0 saturated carbocycles. The fraction of sp³-hybridized carbons (Fsp3) is 0.750. The van der Waals surface area contributed by atoms with Crippen LogP contribution in [-0.2, 0) is 9.53 Å². The predicted molar refractivity (Wildman–Crippen MR) is 99.7 cm³/mol. The molecule has 0 aromatic carbocycles. The summed E-state index contributed by atoms with van der Waals surface area (Å²) < 4.78 is 324. The predicted octanol–water partition coefficient (Wildman–Crippen LogP) is 9.65. The number of carbonyl (C=O) groups is 1. The average Bonchev–Trinajstić information content (AvgIpc) is 2.85. The largest absolute Gasteiger partial charge is 0.462 e. The molecule has 0 atom stereocenters. The first-order chi connectivity index (χ1) is 19.7. The zero-order valence-corrected chi connectivity index (χ0v) is 21.3. The van der Waals surface area contributed by atoms with Gasteiger partial charge in [-0.25, -0.2) is 9.18 Å². The van der Waals surface area contributed by atoms with Crippen LogP contribution < -0.4 is 0 Å². The molecule has 0 radical (unpaired) electrons. The van der Waals surface area contributed by atoms with E-state index in [0.717, 1.165) is 6.92 Å². The van der Waals surface area contributed by atoms with Gasteiger partial charge in [0.15, 0.2) is 5.83 Å². The molecule has 272 valence electrons. The average molecular weight is 740 g/mol. The summed E-state index contributed by atoms with van der Waals surface area (Å²) in [7, 11) is 0. The van der Waals surface area contributed by atoms with Crippen molar-refractivity contribution in [1.82, 2.24) is 0 Å². The Morgan fingerprint density at radius 3 is 1.28 bits per heavy atom. The lowest BCUT2D eigenvalue weighted by molar-refractivity contribution is -0.439. The zero-order chi connectivity index (χ0) is 37.8. The van der Waals surface area contributed by atoms with Gasteiger partial charge in [-0.15, -0.1) is 0 Å². The van der Waals surface area contributed by atoms with E-state index in [1.807, 2.05) is 0 Å². The van der Waals surface area contributed by atoms with Crippen LogP contribution in [0.4, 0.5) is 105 Å². The van der Waals surface area contributed by atoms with E-state index in [-0.39, 0.29) is 0 Å². The first kappa shape index (κ1) is 43.3. The first-order valence-electron chi connectivity index (χ1n) is 10.7. The van der Waals surface area contributed by atoms with Gasteiger partial charge in [-0.05, 0) is 13.0 Å². The lowest BCUT2D eigenvalue weighted by Crippen LogP contribution is -2.70. The van der Waals surface area contributed by atoms with Crippen LogP contribution in [-0.4, -0.2) is 78.0 Å². The van der Waals surface area contributed by atoms with Gasteiger partial charge in [-0.1, -0.05) is 6.58 Å². The number of carbonyl (C=O) groups excluding carboxylic acids is 1. The van der Waals surface area contributed by atoms with Crippen molar-refractivity contribution in [1.29, 1.82) is 0 Å². The molecule has 26 heteroatoms. The third-order valence-corrected chi connectivity index (χ3v) is 5.48. The number of ether oxygens (including phenoxy) is 1. The van der Waals surface area contributed by atoms with Gasteiger partial charge in [0.05, 0.1) is 13.0 Å². The summed E-state index contributed by atoms with van der Waals surface area (Å²) in [6.45, 7) is 1.60. The maximum atomic E-state index is 13.8. The van der Waals surface area contributed by atoms with Crippen molar-refractivity contribution >= 4 is 5.97 Å². The van der Waals surface area contributed by atoms with E-state index in [4.69, 9.17) is 0 Å². The summed E-state index contributed by atoms with van der Waals surface area (Å²) >= 11 is 0. The highest BCUT2D eigenvalue weighted by atomic mass is 19.4. The Bertz CT molecular complexity index is 1160. The van der Waals surface area contributed by atoms with E-state index in [1.165, 1.54) is 0 Å². The minimum Gasteiger partial charge on any atom is -0.462 e. The highest BCUT2D eigenvalue weighted by Gasteiger charge is 2.91. The number of allylic oxidation sites excluding steroid dienone is 2. The van der Waals surface area contributed by atoms with Crippen LogP contribution >= 0.6 is 0 Å². The first-order valence-corrected chi connectivity index (χ1v) is 10.7. The Hall–Kier alpha value is -2.73. The molecule has 0 unspecified atom stereocenters. The third-order valence-electron chi connectivity index (χ3n) is 5.48. The van der Waals surface area contributed by atoms with Crippen molar-refractivity contribution < 1.29 is 115 Å². The van der Waals surface area contributed by atoms with Crippen LogP contribution in [0.2, 0.25) is 0 Å². The molecule has 0 saturated heterocycles. The van der Waals surface area contributed by atoms with Gasteiger partial charge in [0, 0.05) is 12.0 Å². The SMILES string of the molecule is C=C(C)C(=O)OCCC(F)(F)C(F)(F)C(F)(F)C(F)(F)C(F)(F)C(F)=CCC(F)(F)C(F)(F)C(F)(F)C(F)(F)C(F)(F)C(F)(F)F. The minimum absolute atomic E-state index is 0.645. The van der Waals surface area contributed by atoms with Crippen LogP contribution in [0.1, 0.15) is 19.8 Å². The zero-order valence-electron chi connectivity index (χ0n) is 21.3. The molecule has 46 heavy (non-hydrogen) atoms. The Kier molecular flexibility index (Phi) is 11.3.